The first-order valence-electron chi connectivity index (χ1n) is 6.82. The predicted octanol–water partition coefficient (Wildman–Crippen LogP) is 2.16. The lowest BCUT2D eigenvalue weighted by Crippen LogP contribution is -2.40. The van der Waals surface area contributed by atoms with E-state index in [-0.39, 0.29) is 23.7 Å². The Labute approximate surface area is 113 Å². The van der Waals surface area contributed by atoms with E-state index in [9.17, 15) is 9.18 Å². The van der Waals surface area contributed by atoms with E-state index in [0.29, 0.717) is 12.5 Å². The summed E-state index contributed by atoms with van der Waals surface area (Å²) in [5, 5.41) is 3.02. The van der Waals surface area contributed by atoms with Gasteiger partial charge in [-0.3, -0.25) is 4.79 Å². The average Bonchev–Trinajstić information content (AvgIpc) is 2.41. The number of amides is 1. The second kappa shape index (κ2) is 5.70. The topological polar surface area (TPSA) is 55.1 Å². The third-order valence-corrected chi connectivity index (χ3v) is 4.01. The van der Waals surface area contributed by atoms with Crippen LogP contribution in [0.15, 0.2) is 18.2 Å². The standard InChI is InChI=1S/C15H21FN2O/c1-9-6-7-11-12(4-3-5-13(11)16)14(9)18-15(19)10(2)8-17/h3-5,9-10,14H,6-8,17H2,1-2H3,(H,18,19). The first-order chi connectivity index (χ1) is 9.04. The molecule has 2 rings (SSSR count). The van der Waals surface area contributed by atoms with Crippen LogP contribution in [-0.4, -0.2) is 12.5 Å². The minimum atomic E-state index is -0.217. The van der Waals surface area contributed by atoms with Gasteiger partial charge in [0.15, 0.2) is 0 Å². The lowest BCUT2D eigenvalue weighted by Gasteiger charge is -2.33. The van der Waals surface area contributed by atoms with E-state index < -0.39 is 0 Å². The average molecular weight is 264 g/mol. The Kier molecular flexibility index (Phi) is 4.20. The Bertz CT molecular complexity index is 475. The molecule has 0 saturated carbocycles. The molecule has 3 nitrogen and oxygen atoms in total. The number of carbonyl (C=O) groups excluding carboxylic acids is 1. The Morgan fingerprint density at radius 2 is 2.32 bits per heavy atom. The highest BCUT2D eigenvalue weighted by Crippen LogP contribution is 2.35. The van der Waals surface area contributed by atoms with Crippen LogP contribution in [-0.2, 0) is 11.2 Å². The summed E-state index contributed by atoms with van der Waals surface area (Å²) >= 11 is 0. The molecule has 3 atom stereocenters. The first kappa shape index (κ1) is 14.0. The normalized spacial score (nSPS) is 23.6. The number of fused-ring (bicyclic) bond motifs is 1. The number of halogens is 1. The molecule has 1 aromatic carbocycles. The van der Waals surface area contributed by atoms with Crippen LogP contribution in [0.25, 0.3) is 0 Å². The Hall–Kier alpha value is -1.42. The molecule has 19 heavy (non-hydrogen) atoms. The molecule has 0 aromatic heterocycles. The van der Waals surface area contributed by atoms with Gasteiger partial charge < -0.3 is 11.1 Å². The maximum absolute atomic E-state index is 13.8. The van der Waals surface area contributed by atoms with E-state index in [2.05, 4.69) is 12.2 Å². The van der Waals surface area contributed by atoms with Gasteiger partial charge in [-0.1, -0.05) is 26.0 Å². The maximum atomic E-state index is 13.8. The summed E-state index contributed by atoms with van der Waals surface area (Å²) in [4.78, 5) is 12.0. The zero-order valence-electron chi connectivity index (χ0n) is 11.4. The van der Waals surface area contributed by atoms with Crippen molar-refractivity contribution in [2.24, 2.45) is 17.6 Å². The van der Waals surface area contributed by atoms with Crippen molar-refractivity contribution in [2.45, 2.75) is 32.7 Å². The van der Waals surface area contributed by atoms with Crippen molar-refractivity contribution in [1.29, 1.82) is 0 Å². The highest BCUT2D eigenvalue weighted by atomic mass is 19.1. The van der Waals surface area contributed by atoms with Gasteiger partial charge in [0.2, 0.25) is 5.91 Å². The van der Waals surface area contributed by atoms with Gasteiger partial charge in [-0.25, -0.2) is 4.39 Å². The van der Waals surface area contributed by atoms with E-state index in [1.807, 2.05) is 6.07 Å². The lowest BCUT2D eigenvalue weighted by atomic mass is 9.80. The summed E-state index contributed by atoms with van der Waals surface area (Å²) < 4.78 is 13.8. The van der Waals surface area contributed by atoms with Crippen LogP contribution in [0, 0.1) is 17.7 Å². The Morgan fingerprint density at radius 3 is 3.00 bits per heavy atom. The molecule has 0 aliphatic heterocycles. The molecular formula is C15H21FN2O. The monoisotopic (exact) mass is 264 g/mol. The molecule has 0 saturated heterocycles. The molecule has 104 valence electrons. The van der Waals surface area contributed by atoms with Gasteiger partial charge in [-0.15, -0.1) is 0 Å². The fourth-order valence-corrected chi connectivity index (χ4v) is 2.60. The maximum Gasteiger partial charge on any atom is 0.224 e. The van der Waals surface area contributed by atoms with E-state index in [1.54, 1.807) is 13.0 Å². The minimum Gasteiger partial charge on any atom is -0.349 e. The molecule has 0 bridgehead atoms. The molecule has 1 amide bonds. The van der Waals surface area contributed by atoms with Crippen LogP contribution >= 0.6 is 0 Å². The second-order valence-corrected chi connectivity index (χ2v) is 5.45. The van der Waals surface area contributed by atoms with Gasteiger partial charge in [-0.2, -0.15) is 0 Å². The SMILES string of the molecule is CC(CN)C(=O)NC1c2cccc(F)c2CCC1C. The summed E-state index contributed by atoms with van der Waals surface area (Å²) in [5.74, 6) is -0.138. The number of nitrogens with two attached hydrogens (primary N) is 1. The Morgan fingerprint density at radius 1 is 1.58 bits per heavy atom. The van der Waals surface area contributed by atoms with Gasteiger partial charge >= 0.3 is 0 Å². The zero-order chi connectivity index (χ0) is 14.0. The number of carbonyl (C=O) groups is 1. The highest BCUT2D eigenvalue weighted by molar-refractivity contribution is 5.79. The van der Waals surface area contributed by atoms with Gasteiger partial charge in [0.1, 0.15) is 5.82 Å². The number of nitrogens with one attached hydrogen (secondary N) is 1. The molecule has 0 heterocycles. The molecule has 1 aromatic rings. The van der Waals surface area contributed by atoms with Crippen molar-refractivity contribution >= 4 is 5.91 Å². The lowest BCUT2D eigenvalue weighted by molar-refractivity contribution is -0.125. The van der Waals surface area contributed by atoms with Crippen LogP contribution in [0.1, 0.15) is 37.4 Å². The fourth-order valence-electron chi connectivity index (χ4n) is 2.60. The van der Waals surface area contributed by atoms with Crippen molar-refractivity contribution in [3.8, 4) is 0 Å². The summed E-state index contributed by atoms with van der Waals surface area (Å²) in [6.07, 6.45) is 1.62. The minimum absolute atomic E-state index is 0.0588. The predicted molar refractivity (Wildman–Crippen MR) is 73.0 cm³/mol. The molecule has 3 N–H and O–H groups in total. The first-order valence-corrected chi connectivity index (χ1v) is 6.82. The van der Waals surface area contributed by atoms with Crippen molar-refractivity contribution in [3.63, 3.8) is 0 Å². The largest absolute Gasteiger partial charge is 0.349 e. The quantitative estimate of drug-likeness (QED) is 0.879. The van der Waals surface area contributed by atoms with Crippen LogP contribution in [0.4, 0.5) is 4.39 Å². The number of hydrogen-bond acceptors (Lipinski definition) is 2. The number of rotatable bonds is 3. The molecular weight excluding hydrogens is 243 g/mol. The fraction of sp³-hybridized carbons (Fsp3) is 0.533. The smallest absolute Gasteiger partial charge is 0.224 e. The van der Waals surface area contributed by atoms with Crippen molar-refractivity contribution < 1.29 is 9.18 Å². The molecule has 1 aliphatic carbocycles. The third-order valence-electron chi connectivity index (χ3n) is 4.01. The van der Waals surface area contributed by atoms with Crippen LogP contribution in [0.3, 0.4) is 0 Å². The molecule has 0 radical (unpaired) electrons. The van der Waals surface area contributed by atoms with Gasteiger partial charge in [-0.05, 0) is 36.0 Å². The summed E-state index contributed by atoms with van der Waals surface area (Å²) in [6.45, 7) is 4.21. The van der Waals surface area contributed by atoms with E-state index in [0.717, 1.165) is 24.0 Å². The summed E-state index contributed by atoms with van der Waals surface area (Å²) in [5.41, 5.74) is 7.17. The van der Waals surface area contributed by atoms with E-state index >= 15 is 0 Å². The second-order valence-electron chi connectivity index (χ2n) is 5.45. The van der Waals surface area contributed by atoms with Crippen LogP contribution in [0.5, 0.6) is 0 Å². The summed E-state index contributed by atoms with van der Waals surface area (Å²) in [6, 6.07) is 4.99. The molecule has 4 heteroatoms. The Balaban J connectivity index is 2.26. The van der Waals surface area contributed by atoms with Crippen molar-refractivity contribution in [3.05, 3.63) is 35.1 Å². The molecule has 0 fully saturated rings. The van der Waals surface area contributed by atoms with Gasteiger partial charge in [0, 0.05) is 12.5 Å². The van der Waals surface area contributed by atoms with Crippen molar-refractivity contribution in [2.75, 3.05) is 6.54 Å². The van der Waals surface area contributed by atoms with E-state index in [1.165, 1.54) is 6.07 Å². The van der Waals surface area contributed by atoms with Crippen LogP contribution < -0.4 is 11.1 Å². The van der Waals surface area contributed by atoms with Gasteiger partial charge in [0.05, 0.1) is 6.04 Å². The van der Waals surface area contributed by atoms with Crippen molar-refractivity contribution in [1.82, 2.24) is 5.32 Å². The number of hydrogen-bond donors (Lipinski definition) is 2. The van der Waals surface area contributed by atoms with Crippen LogP contribution in [0.2, 0.25) is 0 Å². The number of benzene rings is 1. The molecule has 1 aliphatic rings. The third kappa shape index (κ3) is 2.78. The van der Waals surface area contributed by atoms with E-state index in [4.69, 9.17) is 5.73 Å². The highest BCUT2D eigenvalue weighted by Gasteiger charge is 2.30. The molecule has 0 spiro atoms. The van der Waals surface area contributed by atoms with Gasteiger partial charge in [0.25, 0.3) is 0 Å². The zero-order valence-corrected chi connectivity index (χ0v) is 11.4. The molecule has 3 unspecified atom stereocenters. The summed E-state index contributed by atoms with van der Waals surface area (Å²) in [7, 11) is 0.